The van der Waals surface area contributed by atoms with Gasteiger partial charge in [0.25, 0.3) is 5.91 Å². The number of phenols is 1. The number of nitrogens with zero attached hydrogens (tertiary/aromatic N) is 2. The summed E-state index contributed by atoms with van der Waals surface area (Å²) in [6.45, 7) is 11.9. The number of amides is 4. The van der Waals surface area contributed by atoms with E-state index in [0.29, 0.717) is 38.5 Å². The van der Waals surface area contributed by atoms with Gasteiger partial charge < -0.3 is 30.1 Å². The number of pyridine rings is 1. The monoisotopic (exact) mass is 865 g/mol. The molecule has 1 aromatic heterocycles. The number of hydrogen-bond acceptors (Lipinski definition) is 10. The van der Waals surface area contributed by atoms with Crippen molar-refractivity contribution in [1.82, 2.24) is 25.2 Å². The number of carbonyl (C=O) groups is 4. The van der Waals surface area contributed by atoms with Crippen LogP contribution >= 0.6 is 0 Å². The fourth-order valence-electron chi connectivity index (χ4n) is 7.66. The normalized spacial score (nSPS) is 26.8. The van der Waals surface area contributed by atoms with Gasteiger partial charge >= 0.3 is 12.3 Å². The molecular formula is C42H58F3N5O9S. The lowest BCUT2D eigenvalue weighted by atomic mass is 9.86. The Labute approximate surface area is 349 Å². The summed E-state index contributed by atoms with van der Waals surface area (Å²) in [5.41, 5.74) is -4.57. The van der Waals surface area contributed by atoms with E-state index in [2.05, 4.69) is 20.3 Å². The number of alkyl halides is 3. The third kappa shape index (κ3) is 9.94. The van der Waals surface area contributed by atoms with Crippen molar-refractivity contribution in [3.63, 3.8) is 0 Å². The van der Waals surface area contributed by atoms with E-state index < -0.39 is 85.5 Å². The molecule has 4 heterocycles. The standard InChI is InChI=1S/C40H52F3N5O9S.C2H6/c1-23(2)24(3)56-36(53)45-29-12-10-8-6-7-9-11-16-38(5,35(52)47-58(54,55)37(4)18-19-37)46-33(50)30-21-39(22-48(30)34(29)51)17-15-26-27-20-25(49)13-14-28(27)44-32(31(26)57-39)40(41,42)43;1-2/h9,11,13-14,20,23-24,29-30,49H,6-8,10,12,15-19,21-22H2,1-5H3,(H,45,53)(H,46,50)(H,47,52);1-2H3/b11-9-;/t24?,29-,30-,38?,39+;/m0./s1. The summed E-state index contributed by atoms with van der Waals surface area (Å²) >= 11 is 0. The number of allylic oxidation sites excluding steroid dienone is 1. The minimum absolute atomic E-state index is 0.000105. The summed E-state index contributed by atoms with van der Waals surface area (Å²) in [5, 5.41) is 15.8. The first-order valence-corrected chi connectivity index (χ1v) is 22.3. The molecule has 1 saturated carbocycles. The Morgan fingerprint density at radius 2 is 1.77 bits per heavy atom. The number of aromatic hydroxyl groups is 1. The zero-order valence-electron chi connectivity index (χ0n) is 35.3. The van der Waals surface area contributed by atoms with Gasteiger partial charge in [0.2, 0.25) is 21.8 Å². The number of benzene rings is 1. The fraction of sp³-hybridized carbons (Fsp3) is 0.643. The third-order valence-corrected chi connectivity index (χ3v) is 14.2. The predicted octanol–water partition coefficient (Wildman–Crippen LogP) is 6.57. The zero-order chi connectivity index (χ0) is 44.4. The molecule has 14 nitrogen and oxygen atoms in total. The molecule has 60 heavy (non-hydrogen) atoms. The number of halogens is 3. The number of rotatable bonds is 6. The van der Waals surface area contributed by atoms with Crippen LogP contribution in [0.2, 0.25) is 0 Å². The van der Waals surface area contributed by atoms with E-state index in [1.54, 1.807) is 13.0 Å². The van der Waals surface area contributed by atoms with Gasteiger partial charge in [-0.15, -0.1) is 0 Å². The van der Waals surface area contributed by atoms with Crippen molar-refractivity contribution in [2.24, 2.45) is 5.92 Å². The predicted molar refractivity (Wildman–Crippen MR) is 217 cm³/mol. The van der Waals surface area contributed by atoms with Crippen molar-refractivity contribution in [1.29, 1.82) is 0 Å². The molecular weight excluding hydrogens is 808 g/mol. The fourth-order valence-corrected chi connectivity index (χ4v) is 9.02. The van der Waals surface area contributed by atoms with Gasteiger partial charge in [0.1, 0.15) is 35.1 Å². The number of aromatic nitrogens is 1. The van der Waals surface area contributed by atoms with E-state index in [4.69, 9.17) is 9.47 Å². The number of ether oxygens (including phenoxy) is 2. The quantitative estimate of drug-likeness (QED) is 0.231. The number of nitrogens with one attached hydrogen (secondary N) is 3. The molecule has 2 fully saturated rings. The number of aryl methyl sites for hydroxylation is 1. The van der Waals surface area contributed by atoms with Crippen LogP contribution in [-0.4, -0.2) is 87.8 Å². The molecule has 332 valence electrons. The maximum absolute atomic E-state index is 14.7. The highest BCUT2D eigenvalue weighted by Gasteiger charge is 2.56. The maximum atomic E-state index is 14.7. The van der Waals surface area contributed by atoms with Crippen molar-refractivity contribution >= 4 is 44.7 Å². The highest BCUT2D eigenvalue weighted by atomic mass is 32.2. The molecule has 0 bridgehead atoms. The second-order valence-corrected chi connectivity index (χ2v) is 19.2. The van der Waals surface area contributed by atoms with Crippen molar-refractivity contribution < 1.29 is 55.3 Å². The summed E-state index contributed by atoms with van der Waals surface area (Å²) in [4.78, 5) is 61.3. The summed E-state index contributed by atoms with van der Waals surface area (Å²) in [7, 11) is -4.13. The van der Waals surface area contributed by atoms with Crippen LogP contribution in [0.1, 0.15) is 124 Å². The molecule has 1 aliphatic carbocycles. The molecule has 3 aliphatic heterocycles. The molecule has 6 rings (SSSR count). The molecule has 1 aromatic carbocycles. The van der Waals surface area contributed by atoms with Gasteiger partial charge in [-0.1, -0.05) is 52.7 Å². The SMILES string of the molecule is CC.CC(C)C(C)OC(=O)N[C@H]1CCCCC/C=C\CC(C)(C(=O)NS(=O)(=O)C2(C)CC2)NC(=O)[C@@H]2C[C@]3(CCc4c(c(C(F)(F)F)nc5ccc(O)cc45)O3)CN2C1=O. The Balaban J connectivity index is 0.00000336. The molecule has 4 N–H and O–H groups in total. The first-order chi connectivity index (χ1) is 28.1. The summed E-state index contributed by atoms with van der Waals surface area (Å²) < 4.78 is 83.2. The lowest BCUT2D eigenvalue weighted by Crippen LogP contribution is -2.62. The number of hydrogen-bond donors (Lipinski definition) is 4. The van der Waals surface area contributed by atoms with Crippen LogP contribution in [-0.2, 0) is 41.7 Å². The van der Waals surface area contributed by atoms with Crippen LogP contribution in [0, 0.1) is 5.92 Å². The molecule has 4 amide bonds. The van der Waals surface area contributed by atoms with E-state index >= 15 is 0 Å². The average molecular weight is 866 g/mol. The highest BCUT2D eigenvalue weighted by Crippen LogP contribution is 2.49. The Kier molecular flexibility index (Phi) is 13.8. The number of fused-ring (bicyclic) bond motifs is 4. The number of sulfonamides is 1. The minimum Gasteiger partial charge on any atom is -0.508 e. The van der Waals surface area contributed by atoms with Gasteiger partial charge in [0.15, 0.2) is 11.4 Å². The van der Waals surface area contributed by atoms with Crippen LogP contribution in [0.15, 0.2) is 30.4 Å². The van der Waals surface area contributed by atoms with Crippen LogP contribution in [0.4, 0.5) is 18.0 Å². The smallest absolute Gasteiger partial charge is 0.437 e. The number of phenolic OH excluding ortho intramolecular Hbond substituents is 1. The molecule has 0 radical (unpaired) electrons. The minimum atomic E-state index is -4.96. The third-order valence-electron chi connectivity index (χ3n) is 12.0. The average Bonchev–Trinajstić information content (AvgIpc) is 3.84. The first kappa shape index (κ1) is 46.5. The lowest BCUT2D eigenvalue weighted by Gasteiger charge is -2.37. The van der Waals surface area contributed by atoms with E-state index in [0.717, 1.165) is 0 Å². The molecule has 5 atom stereocenters. The van der Waals surface area contributed by atoms with Crippen LogP contribution in [0.3, 0.4) is 0 Å². The van der Waals surface area contributed by atoms with Gasteiger partial charge in [-0.3, -0.25) is 19.1 Å². The van der Waals surface area contributed by atoms with E-state index in [1.807, 2.05) is 33.8 Å². The number of carbonyl (C=O) groups excluding carboxylic acids is 4. The Morgan fingerprint density at radius 1 is 1.07 bits per heavy atom. The summed E-state index contributed by atoms with van der Waals surface area (Å²) in [5.74, 6) is -3.38. The molecule has 1 spiro atoms. The van der Waals surface area contributed by atoms with Gasteiger partial charge in [0.05, 0.1) is 16.8 Å². The topological polar surface area (TPSA) is 193 Å². The van der Waals surface area contributed by atoms with Crippen molar-refractivity contribution in [2.45, 2.75) is 159 Å². The summed E-state index contributed by atoms with van der Waals surface area (Å²) in [6, 6.07) is 1.17. The largest absolute Gasteiger partial charge is 0.508 e. The van der Waals surface area contributed by atoms with Crippen LogP contribution in [0.25, 0.3) is 10.9 Å². The van der Waals surface area contributed by atoms with Gasteiger partial charge in [-0.2, -0.15) is 13.2 Å². The second-order valence-electron chi connectivity index (χ2n) is 17.0. The molecule has 1 saturated heterocycles. The van der Waals surface area contributed by atoms with E-state index in [1.165, 1.54) is 36.9 Å². The van der Waals surface area contributed by atoms with Gasteiger partial charge in [0, 0.05) is 17.4 Å². The van der Waals surface area contributed by atoms with Crippen molar-refractivity contribution in [3.8, 4) is 11.5 Å². The van der Waals surface area contributed by atoms with Crippen molar-refractivity contribution in [2.75, 3.05) is 6.54 Å². The first-order valence-electron chi connectivity index (χ1n) is 20.8. The van der Waals surface area contributed by atoms with Gasteiger partial charge in [-0.25, -0.2) is 18.2 Å². The Hall–Kier alpha value is -4.61. The van der Waals surface area contributed by atoms with E-state index in [9.17, 15) is 45.9 Å². The second kappa shape index (κ2) is 17.8. The van der Waals surface area contributed by atoms with E-state index in [-0.39, 0.29) is 66.8 Å². The molecule has 4 aliphatic rings. The highest BCUT2D eigenvalue weighted by molar-refractivity contribution is 7.91. The zero-order valence-corrected chi connectivity index (χ0v) is 36.1. The number of alkyl carbamates (subject to hydrolysis) is 1. The Bertz CT molecular complexity index is 2110. The van der Waals surface area contributed by atoms with Crippen LogP contribution < -0.4 is 20.1 Å². The van der Waals surface area contributed by atoms with Crippen molar-refractivity contribution in [3.05, 3.63) is 41.6 Å². The molecule has 2 unspecified atom stereocenters. The summed E-state index contributed by atoms with van der Waals surface area (Å²) in [6.07, 6.45) is 0.0405. The van der Waals surface area contributed by atoms with Gasteiger partial charge in [-0.05, 0) is 96.3 Å². The maximum Gasteiger partial charge on any atom is 0.437 e. The Morgan fingerprint density at radius 3 is 2.42 bits per heavy atom. The molecule has 18 heteroatoms. The lowest BCUT2D eigenvalue weighted by molar-refractivity contribution is -0.144. The van der Waals surface area contributed by atoms with Crippen LogP contribution in [0.5, 0.6) is 11.5 Å². The molecule has 2 aromatic rings.